The van der Waals surface area contributed by atoms with E-state index in [-0.39, 0.29) is 0 Å². The topological polar surface area (TPSA) is 82.0 Å². The molecule has 60 valence electrons. The Bertz CT molecular complexity index is 234. The normalized spacial score (nSPS) is 12.8. The lowest BCUT2D eigenvalue weighted by molar-refractivity contribution is -0.119. The molecule has 0 bridgehead atoms. The molecule has 0 radical (unpaired) electrons. The van der Waals surface area contributed by atoms with E-state index in [9.17, 15) is 4.79 Å². The van der Waals surface area contributed by atoms with Crippen LogP contribution in [0.1, 0.15) is 5.01 Å². The molecule has 11 heavy (non-hydrogen) atoms. The van der Waals surface area contributed by atoms with Gasteiger partial charge in [0.05, 0.1) is 11.0 Å². The highest BCUT2D eigenvalue weighted by Gasteiger charge is 2.10. The van der Waals surface area contributed by atoms with Crippen LogP contribution >= 0.6 is 11.3 Å². The van der Waals surface area contributed by atoms with Crippen LogP contribution in [0.3, 0.4) is 0 Å². The highest BCUT2D eigenvalue weighted by molar-refractivity contribution is 7.09. The van der Waals surface area contributed by atoms with Gasteiger partial charge in [-0.1, -0.05) is 0 Å². The van der Waals surface area contributed by atoms with Crippen molar-refractivity contribution in [3.05, 3.63) is 16.6 Å². The molecule has 0 spiro atoms. The van der Waals surface area contributed by atoms with Crippen molar-refractivity contribution in [1.29, 1.82) is 0 Å². The summed E-state index contributed by atoms with van der Waals surface area (Å²) < 4.78 is 0. The minimum absolute atomic E-state index is 0.438. The number of primary amides is 1. The van der Waals surface area contributed by atoms with Gasteiger partial charge in [0.2, 0.25) is 5.91 Å². The maximum Gasteiger partial charge on any atom is 0.234 e. The highest BCUT2D eigenvalue weighted by atomic mass is 32.1. The standard InChI is InChI=1S/C6H9N3OS/c7-4(6(8)10)3-5-9-1-2-11-5/h1-2,4H,3,7H2,(H2,8,10). The minimum atomic E-state index is -0.610. The average molecular weight is 171 g/mol. The van der Waals surface area contributed by atoms with E-state index in [0.717, 1.165) is 5.01 Å². The number of carbonyl (C=O) groups excluding carboxylic acids is 1. The van der Waals surface area contributed by atoms with Crippen molar-refractivity contribution < 1.29 is 4.79 Å². The van der Waals surface area contributed by atoms with Crippen molar-refractivity contribution in [2.24, 2.45) is 11.5 Å². The number of nitrogens with two attached hydrogens (primary N) is 2. The fraction of sp³-hybridized carbons (Fsp3) is 0.333. The lowest BCUT2D eigenvalue weighted by Crippen LogP contribution is -2.38. The van der Waals surface area contributed by atoms with Gasteiger partial charge < -0.3 is 11.5 Å². The first-order chi connectivity index (χ1) is 5.20. The lowest BCUT2D eigenvalue weighted by atomic mass is 10.2. The molecule has 1 atom stereocenters. The third kappa shape index (κ3) is 2.28. The summed E-state index contributed by atoms with van der Waals surface area (Å²) in [5.41, 5.74) is 10.4. The second kappa shape index (κ2) is 3.45. The van der Waals surface area contributed by atoms with E-state index in [1.54, 1.807) is 6.20 Å². The number of hydrogen-bond acceptors (Lipinski definition) is 4. The number of aromatic nitrogens is 1. The summed E-state index contributed by atoms with van der Waals surface area (Å²) in [5, 5.41) is 2.68. The van der Waals surface area contributed by atoms with Crippen molar-refractivity contribution in [2.75, 3.05) is 0 Å². The number of hydrogen-bond donors (Lipinski definition) is 2. The molecule has 0 saturated heterocycles. The molecular formula is C6H9N3OS. The van der Waals surface area contributed by atoms with E-state index in [1.165, 1.54) is 11.3 Å². The quantitative estimate of drug-likeness (QED) is 0.643. The van der Waals surface area contributed by atoms with Crippen molar-refractivity contribution >= 4 is 17.2 Å². The zero-order chi connectivity index (χ0) is 8.27. The summed E-state index contributed by atoms with van der Waals surface area (Å²) in [7, 11) is 0. The van der Waals surface area contributed by atoms with Crippen LogP contribution in [-0.2, 0) is 11.2 Å². The SMILES string of the molecule is NC(=O)C(N)Cc1nccs1. The smallest absolute Gasteiger partial charge is 0.234 e. The van der Waals surface area contributed by atoms with Crippen LogP contribution in [0.5, 0.6) is 0 Å². The Morgan fingerprint density at radius 2 is 2.55 bits per heavy atom. The van der Waals surface area contributed by atoms with Gasteiger partial charge in [-0.15, -0.1) is 11.3 Å². The van der Waals surface area contributed by atoms with Crippen LogP contribution in [0.25, 0.3) is 0 Å². The number of carbonyl (C=O) groups is 1. The molecule has 0 aromatic carbocycles. The van der Waals surface area contributed by atoms with Gasteiger partial charge in [0.25, 0.3) is 0 Å². The highest BCUT2D eigenvalue weighted by Crippen LogP contribution is 2.05. The zero-order valence-electron chi connectivity index (χ0n) is 5.86. The molecule has 0 aliphatic carbocycles. The summed E-state index contributed by atoms with van der Waals surface area (Å²) >= 11 is 1.47. The lowest BCUT2D eigenvalue weighted by Gasteiger charge is -2.02. The van der Waals surface area contributed by atoms with Crippen LogP contribution in [0.15, 0.2) is 11.6 Å². The largest absolute Gasteiger partial charge is 0.368 e. The monoisotopic (exact) mass is 171 g/mol. The first-order valence-electron chi connectivity index (χ1n) is 3.13. The van der Waals surface area contributed by atoms with Crippen LogP contribution in [0.2, 0.25) is 0 Å². The number of nitrogens with zero attached hydrogens (tertiary/aromatic N) is 1. The fourth-order valence-corrected chi connectivity index (χ4v) is 1.32. The number of rotatable bonds is 3. The predicted molar refractivity (Wildman–Crippen MR) is 43.0 cm³/mol. The van der Waals surface area contributed by atoms with Gasteiger partial charge in [-0.25, -0.2) is 4.98 Å². The Kier molecular flexibility index (Phi) is 2.56. The minimum Gasteiger partial charge on any atom is -0.368 e. The van der Waals surface area contributed by atoms with Crippen molar-refractivity contribution in [1.82, 2.24) is 4.98 Å². The van der Waals surface area contributed by atoms with Gasteiger partial charge in [-0.2, -0.15) is 0 Å². The van der Waals surface area contributed by atoms with Crippen molar-refractivity contribution in [2.45, 2.75) is 12.5 Å². The van der Waals surface area contributed by atoms with Gasteiger partial charge in [0.1, 0.15) is 0 Å². The van der Waals surface area contributed by atoms with Gasteiger partial charge in [-0.05, 0) is 0 Å². The Labute approximate surface area is 68.2 Å². The molecule has 1 aromatic heterocycles. The van der Waals surface area contributed by atoms with E-state index in [0.29, 0.717) is 6.42 Å². The molecule has 1 rings (SSSR count). The predicted octanol–water partition coefficient (Wildman–Crippen LogP) is -0.502. The Morgan fingerprint density at radius 3 is 3.00 bits per heavy atom. The van der Waals surface area contributed by atoms with E-state index < -0.39 is 11.9 Å². The Balaban J connectivity index is 2.50. The molecule has 0 fully saturated rings. The maximum atomic E-state index is 10.5. The van der Waals surface area contributed by atoms with E-state index in [1.807, 2.05) is 5.38 Å². The summed E-state index contributed by atoms with van der Waals surface area (Å²) in [4.78, 5) is 14.5. The third-order valence-corrected chi connectivity index (χ3v) is 2.05. The van der Waals surface area contributed by atoms with Gasteiger partial charge in [0.15, 0.2) is 0 Å². The zero-order valence-corrected chi connectivity index (χ0v) is 6.67. The Morgan fingerprint density at radius 1 is 1.82 bits per heavy atom. The van der Waals surface area contributed by atoms with Crippen molar-refractivity contribution in [3.63, 3.8) is 0 Å². The van der Waals surface area contributed by atoms with Crippen LogP contribution in [-0.4, -0.2) is 16.9 Å². The second-order valence-corrected chi connectivity index (χ2v) is 3.12. The van der Waals surface area contributed by atoms with E-state index in [2.05, 4.69) is 4.98 Å². The second-order valence-electron chi connectivity index (χ2n) is 2.14. The van der Waals surface area contributed by atoms with Gasteiger partial charge in [-0.3, -0.25) is 4.79 Å². The summed E-state index contributed by atoms with van der Waals surface area (Å²) in [5.74, 6) is -0.486. The molecule has 0 aliphatic rings. The molecule has 1 heterocycles. The molecule has 4 nitrogen and oxygen atoms in total. The number of amides is 1. The fourth-order valence-electron chi connectivity index (χ4n) is 0.642. The van der Waals surface area contributed by atoms with Crippen LogP contribution in [0, 0.1) is 0 Å². The van der Waals surface area contributed by atoms with Gasteiger partial charge in [0, 0.05) is 18.0 Å². The molecule has 0 saturated carbocycles. The molecular weight excluding hydrogens is 162 g/mol. The number of thiazole rings is 1. The van der Waals surface area contributed by atoms with Crippen molar-refractivity contribution in [3.8, 4) is 0 Å². The van der Waals surface area contributed by atoms with E-state index in [4.69, 9.17) is 11.5 Å². The maximum absolute atomic E-state index is 10.5. The summed E-state index contributed by atoms with van der Waals surface area (Å²) in [6.07, 6.45) is 2.11. The molecule has 4 N–H and O–H groups in total. The molecule has 0 aliphatic heterocycles. The molecule has 1 unspecified atom stereocenters. The Hall–Kier alpha value is -0.940. The van der Waals surface area contributed by atoms with Crippen LogP contribution < -0.4 is 11.5 Å². The third-order valence-electron chi connectivity index (χ3n) is 1.24. The molecule has 1 aromatic rings. The van der Waals surface area contributed by atoms with Crippen LogP contribution in [0.4, 0.5) is 0 Å². The average Bonchev–Trinajstić information content (AvgIpc) is 2.39. The first kappa shape index (κ1) is 8.16. The molecule has 5 heteroatoms. The summed E-state index contributed by atoms with van der Waals surface area (Å²) in [6.45, 7) is 0. The first-order valence-corrected chi connectivity index (χ1v) is 4.01. The molecule has 1 amide bonds. The van der Waals surface area contributed by atoms with Gasteiger partial charge >= 0.3 is 0 Å². The summed E-state index contributed by atoms with van der Waals surface area (Å²) in [6, 6.07) is -0.610. The van der Waals surface area contributed by atoms with E-state index >= 15 is 0 Å².